The van der Waals surface area contributed by atoms with Crippen LogP contribution in [0.1, 0.15) is 53.5 Å². The van der Waals surface area contributed by atoms with Gasteiger partial charge in [-0.05, 0) is 50.7 Å². The molecule has 26 heavy (non-hydrogen) atoms. The number of nitrogens with zero attached hydrogens (tertiary/aromatic N) is 5. The van der Waals surface area contributed by atoms with Crippen molar-refractivity contribution >= 4 is 5.91 Å². The van der Waals surface area contributed by atoms with Crippen molar-refractivity contribution in [3.05, 3.63) is 45.6 Å². The van der Waals surface area contributed by atoms with Gasteiger partial charge in [0.1, 0.15) is 0 Å². The molecule has 1 amide bonds. The first-order valence-electron chi connectivity index (χ1n) is 9.39. The van der Waals surface area contributed by atoms with Gasteiger partial charge in [-0.25, -0.2) is 4.68 Å². The summed E-state index contributed by atoms with van der Waals surface area (Å²) in [7, 11) is 1.85. The molecule has 1 saturated heterocycles. The van der Waals surface area contributed by atoms with E-state index in [9.17, 15) is 9.59 Å². The first-order valence-corrected chi connectivity index (χ1v) is 9.39. The molecule has 1 aliphatic carbocycles. The van der Waals surface area contributed by atoms with E-state index in [0.717, 1.165) is 24.2 Å². The predicted molar refractivity (Wildman–Crippen MR) is 97.0 cm³/mol. The highest BCUT2D eigenvalue weighted by Crippen LogP contribution is 2.38. The van der Waals surface area contributed by atoms with Crippen LogP contribution in [0.4, 0.5) is 0 Å². The number of rotatable bonds is 4. The van der Waals surface area contributed by atoms with Gasteiger partial charge in [-0.15, -0.1) is 0 Å². The second-order valence-electron chi connectivity index (χ2n) is 7.58. The standard InChI is InChI=1S/C19H25N5O2/c1-13-11-17(20-22(13)2)19(26)23-9-7-14(8-10-23)12-24-18(25)6-5-16(21-24)15-3-4-15/h5-6,11,14-15H,3-4,7-10,12H2,1-2H3. The number of hydrogen-bond donors (Lipinski definition) is 0. The van der Waals surface area contributed by atoms with Gasteiger partial charge in [0, 0.05) is 44.4 Å². The molecule has 1 aliphatic heterocycles. The monoisotopic (exact) mass is 355 g/mol. The Balaban J connectivity index is 1.37. The summed E-state index contributed by atoms with van der Waals surface area (Å²) in [5.74, 6) is 0.922. The molecular weight excluding hydrogens is 330 g/mol. The quantitative estimate of drug-likeness (QED) is 0.837. The summed E-state index contributed by atoms with van der Waals surface area (Å²) in [6.07, 6.45) is 4.13. The van der Waals surface area contributed by atoms with Gasteiger partial charge < -0.3 is 4.90 Å². The molecule has 138 valence electrons. The lowest BCUT2D eigenvalue weighted by Crippen LogP contribution is -2.40. The zero-order chi connectivity index (χ0) is 18.3. The Morgan fingerprint density at radius 1 is 1.15 bits per heavy atom. The summed E-state index contributed by atoms with van der Waals surface area (Å²) >= 11 is 0. The fraction of sp³-hybridized carbons (Fsp3) is 0.579. The molecular formula is C19H25N5O2. The van der Waals surface area contributed by atoms with Crippen molar-refractivity contribution in [3.63, 3.8) is 0 Å². The molecule has 0 aromatic carbocycles. The molecule has 2 aliphatic rings. The zero-order valence-corrected chi connectivity index (χ0v) is 15.4. The SMILES string of the molecule is Cc1cc(C(=O)N2CCC(Cn3nc(C4CC4)ccc3=O)CC2)nn1C. The van der Waals surface area contributed by atoms with E-state index in [4.69, 9.17) is 0 Å². The maximum Gasteiger partial charge on any atom is 0.274 e. The first-order chi connectivity index (χ1) is 12.5. The van der Waals surface area contributed by atoms with Crippen molar-refractivity contribution in [1.82, 2.24) is 24.5 Å². The average molecular weight is 355 g/mol. The van der Waals surface area contributed by atoms with Gasteiger partial charge in [0.2, 0.25) is 0 Å². The van der Waals surface area contributed by atoms with Crippen LogP contribution in [0.25, 0.3) is 0 Å². The molecule has 1 saturated carbocycles. The number of aromatic nitrogens is 4. The molecule has 2 fully saturated rings. The van der Waals surface area contributed by atoms with Gasteiger partial charge in [0.05, 0.1) is 5.69 Å². The lowest BCUT2D eigenvalue weighted by molar-refractivity contribution is 0.0673. The lowest BCUT2D eigenvalue weighted by Gasteiger charge is -2.31. The predicted octanol–water partition coefficient (Wildman–Crippen LogP) is 1.72. The minimum atomic E-state index is -0.0307. The Morgan fingerprint density at radius 2 is 1.88 bits per heavy atom. The van der Waals surface area contributed by atoms with Crippen molar-refractivity contribution in [2.45, 2.75) is 45.1 Å². The van der Waals surface area contributed by atoms with E-state index >= 15 is 0 Å². The number of aryl methyl sites for hydroxylation is 2. The molecule has 0 N–H and O–H groups in total. The highest BCUT2D eigenvalue weighted by molar-refractivity contribution is 5.92. The molecule has 0 atom stereocenters. The van der Waals surface area contributed by atoms with Crippen LogP contribution in [-0.2, 0) is 13.6 Å². The zero-order valence-electron chi connectivity index (χ0n) is 15.4. The van der Waals surface area contributed by atoms with E-state index in [-0.39, 0.29) is 11.5 Å². The van der Waals surface area contributed by atoms with Crippen LogP contribution in [0, 0.1) is 12.8 Å². The van der Waals surface area contributed by atoms with Gasteiger partial charge in [0.15, 0.2) is 5.69 Å². The molecule has 2 aromatic rings. The van der Waals surface area contributed by atoms with Crippen molar-refractivity contribution in [2.75, 3.05) is 13.1 Å². The van der Waals surface area contributed by atoms with Crippen LogP contribution >= 0.6 is 0 Å². The normalized spacial score (nSPS) is 18.3. The first kappa shape index (κ1) is 17.0. The minimum Gasteiger partial charge on any atom is -0.337 e. The Bertz CT molecular complexity index is 853. The Hall–Kier alpha value is -2.44. The molecule has 3 heterocycles. The number of piperidine rings is 1. The van der Waals surface area contributed by atoms with E-state index in [1.807, 2.05) is 31.0 Å². The third kappa shape index (κ3) is 3.43. The van der Waals surface area contributed by atoms with Crippen molar-refractivity contribution < 1.29 is 4.79 Å². The van der Waals surface area contributed by atoms with E-state index in [1.165, 1.54) is 12.8 Å². The van der Waals surface area contributed by atoms with Gasteiger partial charge in [-0.2, -0.15) is 10.2 Å². The molecule has 2 aromatic heterocycles. The fourth-order valence-corrected chi connectivity index (χ4v) is 3.58. The fourth-order valence-electron chi connectivity index (χ4n) is 3.58. The number of carbonyl (C=O) groups is 1. The molecule has 7 heteroatoms. The summed E-state index contributed by atoms with van der Waals surface area (Å²) in [6.45, 7) is 3.99. The van der Waals surface area contributed by atoms with Gasteiger partial charge in [-0.3, -0.25) is 14.3 Å². The van der Waals surface area contributed by atoms with Crippen LogP contribution in [0.15, 0.2) is 23.0 Å². The topological polar surface area (TPSA) is 73.0 Å². The lowest BCUT2D eigenvalue weighted by atomic mass is 9.96. The Morgan fingerprint density at radius 3 is 2.50 bits per heavy atom. The number of likely N-dealkylation sites (tertiary alicyclic amines) is 1. The molecule has 0 unspecified atom stereocenters. The summed E-state index contributed by atoms with van der Waals surface area (Å²) in [5.41, 5.74) is 2.50. The third-order valence-electron chi connectivity index (χ3n) is 5.55. The van der Waals surface area contributed by atoms with Gasteiger partial charge >= 0.3 is 0 Å². The van der Waals surface area contributed by atoms with Crippen molar-refractivity contribution in [3.8, 4) is 0 Å². The Labute approximate surface area is 152 Å². The molecule has 7 nitrogen and oxygen atoms in total. The summed E-state index contributed by atoms with van der Waals surface area (Å²) in [4.78, 5) is 26.6. The van der Waals surface area contributed by atoms with Crippen LogP contribution in [0.2, 0.25) is 0 Å². The second kappa shape index (κ2) is 6.70. The van der Waals surface area contributed by atoms with Crippen molar-refractivity contribution in [2.24, 2.45) is 13.0 Å². The minimum absolute atomic E-state index is 0.00169. The smallest absolute Gasteiger partial charge is 0.274 e. The summed E-state index contributed by atoms with van der Waals surface area (Å²) < 4.78 is 3.35. The maximum absolute atomic E-state index is 12.6. The van der Waals surface area contributed by atoms with Gasteiger partial charge in [-0.1, -0.05) is 0 Å². The summed E-state index contributed by atoms with van der Waals surface area (Å²) in [6, 6.07) is 5.34. The number of amides is 1. The van der Waals surface area contributed by atoms with Gasteiger partial charge in [0.25, 0.3) is 11.5 Å². The highest BCUT2D eigenvalue weighted by atomic mass is 16.2. The van der Waals surface area contributed by atoms with E-state index < -0.39 is 0 Å². The highest BCUT2D eigenvalue weighted by Gasteiger charge is 2.28. The number of hydrogen-bond acceptors (Lipinski definition) is 4. The van der Waals surface area contributed by atoms with Crippen LogP contribution in [0.3, 0.4) is 0 Å². The van der Waals surface area contributed by atoms with E-state index in [0.29, 0.717) is 37.2 Å². The maximum atomic E-state index is 12.6. The van der Waals surface area contributed by atoms with Crippen LogP contribution in [-0.4, -0.2) is 43.5 Å². The molecule has 0 spiro atoms. The largest absolute Gasteiger partial charge is 0.337 e. The third-order valence-corrected chi connectivity index (χ3v) is 5.55. The van der Waals surface area contributed by atoms with Crippen LogP contribution in [0.5, 0.6) is 0 Å². The van der Waals surface area contributed by atoms with Crippen molar-refractivity contribution in [1.29, 1.82) is 0 Å². The van der Waals surface area contributed by atoms with E-state index in [2.05, 4.69) is 10.2 Å². The molecule has 0 bridgehead atoms. The summed E-state index contributed by atoms with van der Waals surface area (Å²) in [5, 5.41) is 8.84. The average Bonchev–Trinajstić information content (AvgIpc) is 3.43. The number of carbonyl (C=O) groups excluding carboxylic acids is 1. The molecule has 4 rings (SSSR count). The molecule has 0 radical (unpaired) electrons. The van der Waals surface area contributed by atoms with E-state index in [1.54, 1.807) is 15.4 Å². The Kier molecular flexibility index (Phi) is 4.38. The van der Waals surface area contributed by atoms with Crippen LogP contribution < -0.4 is 5.56 Å². The second-order valence-corrected chi connectivity index (χ2v) is 7.58.